The summed E-state index contributed by atoms with van der Waals surface area (Å²) in [7, 11) is 0. The zero-order valence-corrected chi connectivity index (χ0v) is 5.62. The van der Waals surface area contributed by atoms with Crippen molar-refractivity contribution in [1.29, 1.82) is 0 Å². The molecule has 0 aliphatic heterocycles. The van der Waals surface area contributed by atoms with E-state index in [1.165, 1.54) is 0 Å². The maximum absolute atomic E-state index is 10.1. The van der Waals surface area contributed by atoms with Crippen molar-refractivity contribution in [3.8, 4) is 0 Å². The lowest BCUT2D eigenvalue weighted by Crippen LogP contribution is -2.16. The molecular weight excluding hydrogens is 134 g/mol. The first-order chi connectivity index (χ1) is 4.70. The second-order valence-electron chi connectivity index (χ2n) is 2.06. The maximum atomic E-state index is 10.1. The number of hydrogen-bond acceptors (Lipinski definition) is 3. The first-order valence-electron chi connectivity index (χ1n) is 3.08. The highest BCUT2D eigenvalue weighted by Gasteiger charge is 2.06. The average molecular weight is 145 g/mol. The van der Waals surface area contributed by atoms with Gasteiger partial charge in [0.2, 0.25) is 0 Å². The largest absolute Gasteiger partial charge is 0.481 e. The lowest BCUT2D eigenvalue weighted by Gasteiger charge is -2.02. The van der Waals surface area contributed by atoms with Crippen LogP contribution in [0.25, 0.3) is 0 Å². The molecule has 0 saturated heterocycles. The van der Waals surface area contributed by atoms with Crippen LogP contribution in [0.5, 0.6) is 0 Å². The molecule has 0 aliphatic carbocycles. The molecule has 0 fully saturated rings. The number of rotatable bonds is 5. The van der Waals surface area contributed by atoms with E-state index in [0.717, 1.165) is 0 Å². The fourth-order valence-corrected chi connectivity index (χ4v) is 0.550. The molecule has 10 heavy (non-hydrogen) atoms. The van der Waals surface area contributed by atoms with Gasteiger partial charge in [0.1, 0.15) is 6.29 Å². The average Bonchev–Trinajstić information content (AvgIpc) is 1.90. The maximum Gasteiger partial charge on any atom is 0.303 e. The zero-order valence-electron chi connectivity index (χ0n) is 5.62. The van der Waals surface area contributed by atoms with E-state index in [-0.39, 0.29) is 18.9 Å². The van der Waals surface area contributed by atoms with Crippen molar-refractivity contribution in [3.05, 3.63) is 0 Å². The standard InChI is InChI=1S/C6H11NO3/c7-3-5(4-8)1-2-6(9)10/h4-5H,1-3,7H2,(H,9,10). The minimum atomic E-state index is -0.889. The molecule has 1 atom stereocenters. The Labute approximate surface area is 59.0 Å². The van der Waals surface area contributed by atoms with Gasteiger partial charge in [-0.3, -0.25) is 4.79 Å². The van der Waals surface area contributed by atoms with Gasteiger partial charge in [0.15, 0.2) is 0 Å². The monoisotopic (exact) mass is 145 g/mol. The lowest BCUT2D eigenvalue weighted by molar-refractivity contribution is -0.137. The van der Waals surface area contributed by atoms with Crippen LogP contribution in [0.15, 0.2) is 0 Å². The molecule has 0 aromatic carbocycles. The van der Waals surface area contributed by atoms with Gasteiger partial charge >= 0.3 is 5.97 Å². The number of hydrogen-bond donors (Lipinski definition) is 2. The van der Waals surface area contributed by atoms with Crippen LogP contribution in [0, 0.1) is 5.92 Å². The highest BCUT2D eigenvalue weighted by atomic mass is 16.4. The normalized spacial score (nSPS) is 12.5. The van der Waals surface area contributed by atoms with Crippen molar-refractivity contribution in [1.82, 2.24) is 0 Å². The highest BCUT2D eigenvalue weighted by molar-refractivity contribution is 5.67. The Morgan fingerprint density at radius 1 is 1.70 bits per heavy atom. The number of aliphatic carboxylic acids is 1. The second-order valence-corrected chi connectivity index (χ2v) is 2.06. The minimum absolute atomic E-state index is 0.0145. The van der Waals surface area contributed by atoms with Gasteiger partial charge in [-0.2, -0.15) is 0 Å². The van der Waals surface area contributed by atoms with E-state index in [4.69, 9.17) is 10.8 Å². The van der Waals surface area contributed by atoms with Gasteiger partial charge in [-0.15, -0.1) is 0 Å². The number of carboxylic acids is 1. The molecule has 4 nitrogen and oxygen atoms in total. The predicted octanol–water partition coefficient (Wildman–Crippen LogP) is -0.375. The van der Waals surface area contributed by atoms with Crippen LogP contribution in [0.4, 0.5) is 0 Å². The van der Waals surface area contributed by atoms with Gasteiger partial charge in [-0.05, 0) is 6.42 Å². The van der Waals surface area contributed by atoms with Crippen molar-refractivity contribution in [2.75, 3.05) is 6.54 Å². The molecule has 0 radical (unpaired) electrons. The topological polar surface area (TPSA) is 80.4 Å². The molecule has 0 spiro atoms. The quantitative estimate of drug-likeness (QED) is 0.517. The molecule has 1 unspecified atom stereocenters. The van der Waals surface area contributed by atoms with E-state index in [1.807, 2.05) is 0 Å². The van der Waals surface area contributed by atoms with Gasteiger partial charge in [0.05, 0.1) is 0 Å². The first kappa shape index (κ1) is 9.10. The Balaban J connectivity index is 3.44. The fraction of sp³-hybridized carbons (Fsp3) is 0.667. The van der Waals surface area contributed by atoms with E-state index < -0.39 is 5.97 Å². The summed E-state index contributed by atoms with van der Waals surface area (Å²) in [5.74, 6) is -1.18. The van der Waals surface area contributed by atoms with Crippen molar-refractivity contribution in [2.45, 2.75) is 12.8 Å². The summed E-state index contributed by atoms with van der Waals surface area (Å²) in [6, 6.07) is 0. The smallest absolute Gasteiger partial charge is 0.303 e. The molecule has 3 N–H and O–H groups in total. The predicted molar refractivity (Wildman–Crippen MR) is 35.5 cm³/mol. The number of aldehydes is 1. The number of carbonyl (C=O) groups is 2. The van der Waals surface area contributed by atoms with E-state index in [1.54, 1.807) is 0 Å². The molecule has 0 bridgehead atoms. The van der Waals surface area contributed by atoms with Crippen LogP contribution in [0.1, 0.15) is 12.8 Å². The Hall–Kier alpha value is -0.900. The van der Waals surface area contributed by atoms with Gasteiger partial charge in [0, 0.05) is 18.9 Å². The Kier molecular flexibility index (Phi) is 4.49. The van der Waals surface area contributed by atoms with E-state index in [0.29, 0.717) is 12.7 Å². The van der Waals surface area contributed by atoms with Crippen LogP contribution in [-0.2, 0) is 9.59 Å². The van der Waals surface area contributed by atoms with E-state index >= 15 is 0 Å². The molecule has 0 aliphatic rings. The Bertz CT molecular complexity index is 124. The third-order valence-corrected chi connectivity index (χ3v) is 1.22. The number of carboxylic acid groups (broad SMARTS) is 1. The lowest BCUT2D eigenvalue weighted by atomic mass is 10.1. The second kappa shape index (κ2) is 4.93. The number of carbonyl (C=O) groups excluding carboxylic acids is 1. The van der Waals surface area contributed by atoms with Crippen LogP contribution in [0.3, 0.4) is 0 Å². The van der Waals surface area contributed by atoms with Crippen LogP contribution >= 0.6 is 0 Å². The van der Waals surface area contributed by atoms with E-state index in [2.05, 4.69) is 0 Å². The Morgan fingerprint density at radius 3 is 2.60 bits per heavy atom. The molecule has 0 rings (SSSR count). The zero-order chi connectivity index (χ0) is 7.98. The molecule has 0 heterocycles. The van der Waals surface area contributed by atoms with Crippen molar-refractivity contribution < 1.29 is 14.7 Å². The molecule has 58 valence electrons. The van der Waals surface area contributed by atoms with Gasteiger partial charge < -0.3 is 15.6 Å². The molecule has 0 saturated carbocycles. The summed E-state index contributed by atoms with van der Waals surface area (Å²) in [5, 5.41) is 8.20. The van der Waals surface area contributed by atoms with Crippen LogP contribution < -0.4 is 5.73 Å². The van der Waals surface area contributed by atoms with Crippen molar-refractivity contribution in [3.63, 3.8) is 0 Å². The fourth-order valence-electron chi connectivity index (χ4n) is 0.550. The van der Waals surface area contributed by atoms with Crippen LogP contribution in [0.2, 0.25) is 0 Å². The third-order valence-electron chi connectivity index (χ3n) is 1.22. The third kappa shape index (κ3) is 4.03. The Morgan fingerprint density at radius 2 is 2.30 bits per heavy atom. The summed E-state index contributed by atoms with van der Waals surface area (Å²) < 4.78 is 0. The molecular formula is C6H11NO3. The van der Waals surface area contributed by atoms with Gasteiger partial charge in [0.25, 0.3) is 0 Å². The first-order valence-corrected chi connectivity index (χ1v) is 3.08. The van der Waals surface area contributed by atoms with Crippen LogP contribution in [-0.4, -0.2) is 23.9 Å². The van der Waals surface area contributed by atoms with Crippen molar-refractivity contribution >= 4 is 12.3 Å². The summed E-state index contributed by atoms with van der Waals surface area (Å²) in [6.07, 6.45) is 1.05. The van der Waals surface area contributed by atoms with Crippen molar-refractivity contribution in [2.24, 2.45) is 11.7 Å². The molecule has 4 heteroatoms. The number of nitrogens with two attached hydrogens (primary N) is 1. The van der Waals surface area contributed by atoms with Gasteiger partial charge in [-0.1, -0.05) is 0 Å². The SMILES string of the molecule is NCC(C=O)CCC(=O)O. The summed E-state index contributed by atoms with van der Waals surface area (Å²) in [4.78, 5) is 20.1. The minimum Gasteiger partial charge on any atom is -0.481 e. The summed E-state index contributed by atoms with van der Waals surface area (Å²) >= 11 is 0. The van der Waals surface area contributed by atoms with Gasteiger partial charge in [-0.25, -0.2) is 0 Å². The summed E-state index contributed by atoms with van der Waals surface area (Å²) in [5.41, 5.74) is 5.15. The molecule has 0 aromatic rings. The molecule has 0 aromatic heterocycles. The molecule has 0 amide bonds. The summed E-state index contributed by atoms with van der Waals surface area (Å²) in [6.45, 7) is 0.233. The highest BCUT2D eigenvalue weighted by Crippen LogP contribution is 2.00. The van der Waals surface area contributed by atoms with E-state index in [9.17, 15) is 9.59 Å².